The lowest BCUT2D eigenvalue weighted by molar-refractivity contribution is -0.148. The van der Waals surface area contributed by atoms with Gasteiger partial charge in [0.15, 0.2) is 11.5 Å². The lowest BCUT2D eigenvalue weighted by atomic mass is 10.1. The molecule has 0 aromatic heterocycles. The molecule has 0 bridgehead atoms. The fourth-order valence-corrected chi connectivity index (χ4v) is 2.34. The first-order valence-electron chi connectivity index (χ1n) is 7.51. The van der Waals surface area contributed by atoms with Crippen LogP contribution in [0.4, 0.5) is 0 Å². The van der Waals surface area contributed by atoms with Crippen LogP contribution in [-0.4, -0.2) is 63.8 Å². The third kappa shape index (κ3) is 4.59. The normalized spacial score (nSPS) is 14.3. The van der Waals surface area contributed by atoms with Gasteiger partial charge in [-0.15, -0.1) is 0 Å². The number of amides is 2. The number of carbonyl (C=O) groups is 2. The van der Waals surface area contributed by atoms with E-state index in [1.165, 1.54) is 4.90 Å². The molecule has 1 aliphatic rings. The van der Waals surface area contributed by atoms with Gasteiger partial charge in [0.2, 0.25) is 0 Å². The second-order valence-electron chi connectivity index (χ2n) is 5.10. The van der Waals surface area contributed by atoms with E-state index in [0.717, 1.165) is 5.56 Å². The molecule has 0 saturated carbocycles. The molecule has 1 saturated heterocycles. The molecule has 0 radical (unpaired) electrons. The van der Waals surface area contributed by atoms with Crippen molar-refractivity contribution in [2.24, 2.45) is 0 Å². The highest BCUT2D eigenvalue weighted by molar-refractivity contribution is 6.35. The van der Waals surface area contributed by atoms with Gasteiger partial charge in [-0.3, -0.25) is 9.59 Å². The molecule has 7 nitrogen and oxygen atoms in total. The standard InChI is InChI=1S/C16H22N2O5/c1-21-13-4-3-12(11-14(13)22-2)5-6-17-15(19)16(20)18-7-9-23-10-8-18/h3-4,11H,5-10H2,1-2H3,(H,17,19). The van der Waals surface area contributed by atoms with E-state index in [0.29, 0.717) is 50.8 Å². The average Bonchev–Trinajstić information content (AvgIpc) is 2.61. The van der Waals surface area contributed by atoms with Crippen molar-refractivity contribution in [3.63, 3.8) is 0 Å². The van der Waals surface area contributed by atoms with Gasteiger partial charge in [-0.2, -0.15) is 0 Å². The molecule has 1 fully saturated rings. The molecular weight excluding hydrogens is 300 g/mol. The second-order valence-corrected chi connectivity index (χ2v) is 5.10. The first-order chi connectivity index (χ1) is 11.2. The van der Waals surface area contributed by atoms with Crippen LogP contribution in [0.5, 0.6) is 11.5 Å². The highest BCUT2D eigenvalue weighted by Gasteiger charge is 2.23. The van der Waals surface area contributed by atoms with E-state index < -0.39 is 11.8 Å². The summed E-state index contributed by atoms with van der Waals surface area (Å²) in [6, 6.07) is 5.57. The van der Waals surface area contributed by atoms with E-state index in [-0.39, 0.29) is 0 Å². The Kier molecular flexibility index (Phi) is 6.22. The summed E-state index contributed by atoms with van der Waals surface area (Å²) in [6.45, 7) is 2.25. The number of hydrogen-bond donors (Lipinski definition) is 1. The summed E-state index contributed by atoms with van der Waals surface area (Å²) in [5.74, 6) is 0.219. The highest BCUT2D eigenvalue weighted by atomic mass is 16.5. The van der Waals surface area contributed by atoms with Crippen molar-refractivity contribution in [2.75, 3.05) is 47.1 Å². The Morgan fingerprint density at radius 3 is 2.52 bits per heavy atom. The fraction of sp³-hybridized carbons (Fsp3) is 0.500. The first-order valence-corrected chi connectivity index (χ1v) is 7.51. The van der Waals surface area contributed by atoms with Gasteiger partial charge in [-0.25, -0.2) is 0 Å². The topological polar surface area (TPSA) is 77.1 Å². The maximum Gasteiger partial charge on any atom is 0.312 e. The van der Waals surface area contributed by atoms with Gasteiger partial charge >= 0.3 is 11.8 Å². The molecule has 1 aromatic carbocycles. The van der Waals surface area contributed by atoms with Gasteiger partial charge in [-0.05, 0) is 24.1 Å². The summed E-state index contributed by atoms with van der Waals surface area (Å²) in [7, 11) is 3.15. The maximum atomic E-state index is 11.9. The summed E-state index contributed by atoms with van der Waals surface area (Å²) >= 11 is 0. The van der Waals surface area contributed by atoms with Crippen LogP contribution in [-0.2, 0) is 20.7 Å². The van der Waals surface area contributed by atoms with Gasteiger partial charge < -0.3 is 24.4 Å². The van der Waals surface area contributed by atoms with Crippen LogP contribution in [0.3, 0.4) is 0 Å². The van der Waals surface area contributed by atoms with Crippen LogP contribution in [0.1, 0.15) is 5.56 Å². The first kappa shape index (κ1) is 17.1. The SMILES string of the molecule is COc1ccc(CCNC(=O)C(=O)N2CCOCC2)cc1OC. The summed E-state index contributed by atoms with van der Waals surface area (Å²) in [5.41, 5.74) is 0.988. The van der Waals surface area contributed by atoms with Crippen LogP contribution in [0.15, 0.2) is 18.2 Å². The number of carbonyl (C=O) groups excluding carboxylic acids is 2. The Labute approximate surface area is 135 Å². The van der Waals surface area contributed by atoms with E-state index >= 15 is 0 Å². The molecule has 23 heavy (non-hydrogen) atoms. The zero-order valence-electron chi connectivity index (χ0n) is 13.5. The molecule has 2 rings (SSSR count). The molecule has 0 atom stereocenters. The lowest BCUT2D eigenvalue weighted by Gasteiger charge is -2.26. The van der Waals surface area contributed by atoms with Crippen molar-refractivity contribution in [3.05, 3.63) is 23.8 Å². The Balaban J connectivity index is 1.82. The van der Waals surface area contributed by atoms with E-state index in [2.05, 4.69) is 5.32 Å². The zero-order valence-corrected chi connectivity index (χ0v) is 13.5. The van der Waals surface area contributed by atoms with Gasteiger partial charge in [-0.1, -0.05) is 6.07 Å². The van der Waals surface area contributed by atoms with Crippen molar-refractivity contribution >= 4 is 11.8 Å². The molecule has 0 unspecified atom stereocenters. The summed E-state index contributed by atoms with van der Waals surface area (Å²) in [4.78, 5) is 25.3. The summed E-state index contributed by atoms with van der Waals surface area (Å²) < 4.78 is 15.6. The second kappa shape index (κ2) is 8.38. The largest absolute Gasteiger partial charge is 0.493 e. The maximum absolute atomic E-state index is 11.9. The fourth-order valence-electron chi connectivity index (χ4n) is 2.34. The van der Waals surface area contributed by atoms with Gasteiger partial charge in [0.05, 0.1) is 27.4 Å². The number of benzene rings is 1. The number of morpholine rings is 1. The number of nitrogens with one attached hydrogen (secondary N) is 1. The van der Waals surface area contributed by atoms with Crippen molar-refractivity contribution in [2.45, 2.75) is 6.42 Å². The quantitative estimate of drug-likeness (QED) is 0.785. The minimum Gasteiger partial charge on any atom is -0.493 e. The Hall–Kier alpha value is -2.28. The number of rotatable bonds is 5. The van der Waals surface area contributed by atoms with Gasteiger partial charge in [0.1, 0.15) is 0 Å². The van der Waals surface area contributed by atoms with Crippen molar-refractivity contribution in [1.29, 1.82) is 0 Å². The Bertz CT molecular complexity index is 555. The third-order valence-electron chi connectivity index (χ3n) is 3.64. The smallest absolute Gasteiger partial charge is 0.312 e. The molecule has 126 valence electrons. The average molecular weight is 322 g/mol. The molecule has 1 aromatic rings. The molecule has 1 N–H and O–H groups in total. The summed E-state index contributed by atoms with van der Waals surface area (Å²) in [6.07, 6.45) is 0.600. The monoisotopic (exact) mass is 322 g/mol. The number of hydrogen-bond acceptors (Lipinski definition) is 5. The molecule has 1 heterocycles. The minimum absolute atomic E-state index is 0.379. The predicted octanol–water partition coefficient (Wildman–Crippen LogP) is 0.221. The lowest BCUT2D eigenvalue weighted by Crippen LogP contribution is -2.48. The molecular formula is C16H22N2O5. The van der Waals surface area contributed by atoms with Crippen LogP contribution in [0, 0.1) is 0 Å². The number of methoxy groups -OCH3 is 2. The van der Waals surface area contributed by atoms with Crippen LogP contribution < -0.4 is 14.8 Å². The Morgan fingerprint density at radius 1 is 1.17 bits per heavy atom. The van der Waals surface area contributed by atoms with Crippen LogP contribution in [0.25, 0.3) is 0 Å². The molecule has 1 aliphatic heterocycles. The molecule has 2 amide bonds. The predicted molar refractivity (Wildman–Crippen MR) is 83.7 cm³/mol. The Morgan fingerprint density at radius 2 is 1.87 bits per heavy atom. The van der Waals surface area contributed by atoms with Gasteiger partial charge in [0.25, 0.3) is 0 Å². The molecule has 0 spiro atoms. The van der Waals surface area contributed by atoms with E-state index in [9.17, 15) is 9.59 Å². The molecule has 0 aliphatic carbocycles. The zero-order chi connectivity index (χ0) is 16.7. The van der Waals surface area contributed by atoms with Crippen molar-refractivity contribution < 1.29 is 23.8 Å². The van der Waals surface area contributed by atoms with Crippen LogP contribution >= 0.6 is 0 Å². The highest BCUT2D eigenvalue weighted by Crippen LogP contribution is 2.27. The minimum atomic E-state index is -0.577. The van der Waals surface area contributed by atoms with E-state index in [1.54, 1.807) is 14.2 Å². The van der Waals surface area contributed by atoms with Crippen molar-refractivity contribution in [1.82, 2.24) is 10.2 Å². The summed E-state index contributed by atoms with van der Waals surface area (Å²) in [5, 5.41) is 2.65. The van der Waals surface area contributed by atoms with E-state index in [4.69, 9.17) is 14.2 Å². The van der Waals surface area contributed by atoms with E-state index in [1.807, 2.05) is 18.2 Å². The van der Waals surface area contributed by atoms with Crippen molar-refractivity contribution in [3.8, 4) is 11.5 Å². The van der Waals surface area contributed by atoms with Gasteiger partial charge in [0, 0.05) is 19.6 Å². The number of nitrogens with zero attached hydrogens (tertiary/aromatic N) is 1. The number of ether oxygens (including phenoxy) is 3. The third-order valence-corrected chi connectivity index (χ3v) is 3.64. The molecule has 7 heteroatoms. The van der Waals surface area contributed by atoms with Crippen LogP contribution in [0.2, 0.25) is 0 Å².